The van der Waals surface area contributed by atoms with Gasteiger partial charge < -0.3 is 15.1 Å². The number of urea groups is 1. The van der Waals surface area contributed by atoms with Crippen molar-refractivity contribution < 1.29 is 18.8 Å². The number of piperazine rings is 1. The minimum Gasteiger partial charge on any atom is -0.333 e. The van der Waals surface area contributed by atoms with Gasteiger partial charge in [-0.3, -0.25) is 9.59 Å². The normalized spacial score (nSPS) is 20.3. The van der Waals surface area contributed by atoms with Gasteiger partial charge in [-0.15, -0.1) is 0 Å². The van der Waals surface area contributed by atoms with E-state index in [9.17, 15) is 18.8 Å². The Morgan fingerprint density at radius 3 is 2.46 bits per heavy atom. The van der Waals surface area contributed by atoms with Crippen LogP contribution in [0.2, 0.25) is 10.0 Å². The second-order valence-corrected chi connectivity index (χ2v) is 10.2. The van der Waals surface area contributed by atoms with E-state index in [2.05, 4.69) is 5.32 Å². The second kappa shape index (κ2) is 11.7. The van der Waals surface area contributed by atoms with E-state index in [1.54, 1.807) is 52.2 Å². The molecule has 0 saturated carbocycles. The lowest BCUT2D eigenvalue weighted by Gasteiger charge is -2.54. The summed E-state index contributed by atoms with van der Waals surface area (Å²) in [5, 5.41) is 6.75. The van der Waals surface area contributed by atoms with Crippen molar-refractivity contribution >= 4 is 41.0 Å². The highest BCUT2D eigenvalue weighted by molar-refractivity contribution is 6.42. The van der Waals surface area contributed by atoms with Gasteiger partial charge in [0, 0.05) is 20.1 Å². The molecule has 2 fully saturated rings. The monoisotopic (exact) mass is 549 g/mol. The summed E-state index contributed by atoms with van der Waals surface area (Å²) in [6.45, 7) is 2.60. The van der Waals surface area contributed by atoms with Gasteiger partial charge in [-0.05, 0) is 41.8 Å². The van der Waals surface area contributed by atoms with Crippen molar-refractivity contribution in [3.8, 4) is 0 Å². The van der Waals surface area contributed by atoms with E-state index in [0.717, 1.165) is 24.0 Å². The first kappa shape index (κ1) is 27.2. The average molecular weight is 550 g/mol. The number of hydrogen-bond acceptors (Lipinski definition) is 4. The van der Waals surface area contributed by atoms with Gasteiger partial charge in [-0.2, -0.15) is 0 Å². The highest BCUT2D eigenvalue weighted by Crippen LogP contribution is 2.30. The number of likely N-dealkylation sites (N-methyl/N-ethyl adjacent to an activating group) is 1. The smallest absolute Gasteiger partial charge is 0.333 e. The van der Waals surface area contributed by atoms with Crippen LogP contribution < -0.4 is 5.32 Å². The predicted molar refractivity (Wildman–Crippen MR) is 139 cm³/mol. The van der Waals surface area contributed by atoms with Gasteiger partial charge in [0.05, 0.1) is 23.1 Å². The fourth-order valence-corrected chi connectivity index (χ4v) is 5.16. The maximum Gasteiger partial charge on any atom is 0.334 e. The van der Waals surface area contributed by atoms with E-state index in [4.69, 9.17) is 23.2 Å². The Labute approximate surface area is 225 Å². The highest BCUT2D eigenvalue weighted by atomic mass is 35.5. The van der Waals surface area contributed by atoms with E-state index < -0.39 is 18.2 Å². The van der Waals surface area contributed by atoms with Crippen molar-refractivity contribution in [2.24, 2.45) is 0 Å². The summed E-state index contributed by atoms with van der Waals surface area (Å²) in [6.07, 6.45) is 1.46. The van der Waals surface area contributed by atoms with Crippen molar-refractivity contribution in [1.29, 1.82) is 0 Å². The Morgan fingerprint density at radius 1 is 1.08 bits per heavy atom. The summed E-state index contributed by atoms with van der Waals surface area (Å²) in [6, 6.07) is 10.00. The number of benzene rings is 2. The molecule has 0 aliphatic carbocycles. The Bertz CT molecular complexity index is 1170. The number of carbonyl (C=O) groups excluding carboxylic acids is 3. The number of fused-ring (bicyclic) bond motifs is 1. The molecule has 2 aromatic carbocycles. The lowest BCUT2D eigenvalue weighted by Crippen LogP contribution is -2.75. The molecule has 4 rings (SSSR count). The molecule has 2 heterocycles. The van der Waals surface area contributed by atoms with Gasteiger partial charge in [0.1, 0.15) is 18.0 Å². The standard InChI is InChI=1S/C26H30Cl2FN5O3/c1-3-4-5-22-25(36)32(14-18-8-11-20(27)21(28)12-18)15-23-33(22)24(35)16-31(2)34(23)26(37)30-13-17-6-9-19(29)10-7-17/h6-12,22-23H,3-5,13-16H2,1-2H3,(H,30,37)/t22-,23-/m0/s1. The molecule has 2 aromatic rings. The van der Waals surface area contributed by atoms with E-state index in [0.29, 0.717) is 16.5 Å². The van der Waals surface area contributed by atoms with Crippen LogP contribution in [-0.4, -0.2) is 70.0 Å². The van der Waals surface area contributed by atoms with Gasteiger partial charge in [-0.1, -0.05) is 61.2 Å². The topological polar surface area (TPSA) is 76.2 Å². The van der Waals surface area contributed by atoms with Crippen molar-refractivity contribution in [1.82, 2.24) is 25.1 Å². The lowest BCUT2D eigenvalue weighted by molar-refractivity contribution is -0.188. The van der Waals surface area contributed by atoms with E-state index in [1.165, 1.54) is 17.1 Å². The third-order valence-corrected chi connectivity index (χ3v) is 7.43. The Morgan fingerprint density at radius 2 is 1.78 bits per heavy atom. The molecule has 1 N–H and O–H groups in total. The largest absolute Gasteiger partial charge is 0.334 e. The van der Waals surface area contributed by atoms with Crippen LogP contribution in [0.3, 0.4) is 0 Å². The summed E-state index contributed by atoms with van der Waals surface area (Å²) in [5.74, 6) is -0.703. The number of hydrogen-bond donors (Lipinski definition) is 1. The molecule has 2 aliphatic rings. The van der Waals surface area contributed by atoms with Gasteiger partial charge in [0.15, 0.2) is 0 Å². The van der Waals surface area contributed by atoms with Crippen molar-refractivity contribution in [3.63, 3.8) is 0 Å². The number of carbonyl (C=O) groups is 3. The molecule has 4 amide bonds. The first-order chi connectivity index (χ1) is 17.7. The summed E-state index contributed by atoms with van der Waals surface area (Å²) >= 11 is 12.3. The van der Waals surface area contributed by atoms with Gasteiger partial charge in [-0.25, -0.2) is 19.2 Å². The number of hydrazine groups is 1. The third kappa shape index (κ3) is 6.00. The SMILES string of the molecule is CCCC[C@H]1C(=O)N(Cc2ccc(Cl)c(Cl)c2)C[C@H]2N1C(=O)CN(C)N2C(=O)NCc1ccc(F)cc1. The van der Waals surface area contributed by atoms with E-state index in [-0.39, 0.29) is 43.8 Å². The van der Waals surface area contributed by atoms with Crippen LogP contribution in [0.1, 0.15) is 37.3 Å². The van der Waals surface area contributed by atoms with Crippen LogP contribution in [0.25, 0.3) is 0 Å². The molecule has 37 heavy (non-hydrogen) atoms. The molecule has 11 heteroatoms. The summed E-state index contributed by atoms with van der Waals surface area (Å²) in [4.78, 5) is 43.4. The van der Waals surface area contributed by atoms with Crippen molar-refractivity contribution in [2.75, 3.05) is 20.1 Å². The van der Waals surface area contributed by atoms with Crippen LogP contribution >= 0.6 is 23.2 Å². The van der Waals surface area contributed by atoms with Gasteiger partial charge in [0.25, 0.3) is 0 Å². The van der Waals surface area contributed by atoms with E-state index >= 15 is 0 Å². The number of amides is 4. The molecule has 0 aromatic heterocycles. The van der Waals surface area contributed by atoms with Crippen molar-refractivity contribution in [2.45, 2.75) is 51.5 Å². The molecule has 8 nitrogen and oxygen atoms in total. The number of nitrogens with zero attached hydrogens (tertiary/aromatic N) is 4. The minimum absolute atomic E-state index is 0.0246. The van der Waals surface area contributed by atoms with Gasteiger partial charge >= 0.3 is 6.03 Å². The number of halogens is 3. The van der Waals surface area contributed by atoms with Crippen LogP contribution in [-0.2, 0) is 22.7 Å². The van der Waals surface area contributed by atoms with E-state index in [1.807, 2.05) is 6.92 Å². The van der Waals surface area contributed by atoms with Crippen molar-refractivity contribution in [3.05, 3.63) is 69.5 Å². The van der Waals surface area contributed by atoms with Crippen LogP contribution in [0.15, 0.2) is 42.5 Å². The number of rotatable bonds is 7. The molecule has 0 spiro atoms. The number of nitrogens with one attached hydrogen (secondary N) is 1. The number of unbranched alkanes of at least 4 members (excludes halogenated alkanes) is 1. The summed E-state index contributed by atoms with van der Waals surface area (Å²) < 4.78 is 13.3. The Hall–Kier alpha value is -2.88. The summed E-state index contributed by atoms with van der Waals surface area (Å²) in [7, 11) is 1.67. The fraction of sp³-hybridized carbons (Fsp3) is 0.423. The Balaban J connectivity index is 1.60. The predicted octanol–water partition coefficient (Wildman–Crippen LogP) is 4.26. The lowest BCUT2D eigenvalue weighted by atomic mass is 10.0. The molecule has 198 valence electrons. The quantitative estimate of drug-likeness (QED) is 0.559. The zero-order valence-corrected chi connectivity index (χ0v) is 22.3. The first-order valence-corrected chi connectivity index (χ1v) is 13.0. The molecule has 0 unspecified atom stereocenters. The van der Waals surface area contributed by atoms with Crippen LogP contribution in [0, 0.1) is 5.82 Å². The fourth-order valence-electron chi connectivity index (χ4n) is 4.84. The molecule has 0 bridgehead atoms. The Kier molecular flexibility index (Phi) is 8.56. The molecular weight excluding hydrogens is 520 g/mol. The second-order valence-electron chi connectivity index (χ2n) is 9.35. The zero-order chi connectivity index (χ0) is 26.7. The maximum atomic E-state index is 13.6. The molecule has 2 atom stereocenters. The van der Waals surface area contributed by atoms with Gasteiger partial charge in [0.2, 0.25) is 11.8 Å². The maximum absolute atomic E-state index is 13.6. The van der Waals surface area contributed by atoms with Crippen LogP contribution in [0.5, 0.6) is 0 Å². The minimum atomic E-state index is -0.679. The first-order valence-electron chi connectivity index (χ1n) is 12.3. The zero-order valence-electron chi connectivity index (χ0n) is 20.8. The molecule has 2 saturated heterocycles. The average Bonchev–Trinajstić information content (AvgIpc) is 2.86. The molecule has 2 aliphatic heterocycles. The third-order valence-electron chi connectivity index (χ3n) is 6.69. The highest BCUT2D eigenvalue weighted by Gasteiger charge is 2.50. The molecular formula is C26H30Cl2FN5O3. The summed E-state index contributed by atoms with van der Waals surface area (Å²) in [5.41, 5.74) is 1.54. The molecule has 0 radical (unpaired) electrons. The van der Waals surface area contributed by atoms with Crippen LogP contribution in [0.4, 0.5) is 9.18 Å².